The quantitative estimate of drug-likeness (QED) is 0.333. The predicted molar refractivity (Wildman–Crippen MR) is 96.2 cm³/mol. The van der Waals surface area contributed by atoms with E-state index in [-0.39, 0.29) is 29.9 Å². The molecule has 120 valence electrons. The fourth-order valence-electron chi connectivity index (χ4n) is 1.56. The number of carbonyl (C=O) groups excluding carboxylic acids is 1. The fraction of sp³-hybridized carbons (Fsp3) is 0.857. The van der Waals surface area contributed by atoms with Crippen molar-refractivity contribution >= 4 is 35.8 Å². The molecule has 1 atom stereocenters. The van der Waals surface area contributed by atoms with Gasteiger partial charge in [-0.3, -0.25) is 9.79 Å². The molecule has 0 radical (unpaired) electrons. The summed E-state index contributed by atoms with van der Waals surface area (Å²) in [4.78, 5) is 15.3. The van der Waals surface area contributed by atoms with Crippen LogP contribution in [0.3, 0.4) is 0 Å². The molecule has 0 aliphatic heterocycles. The topological polar surface area (TPSA) is 93.5 Å². The van der Waals surface area contributed by atoms with E-state index >= 15 is 0 Å². The molecule has 0 aliphatic carbocycles. The van der Waals surface area contributed by atoms with Gasteiger partial charge in [-0.15, -0.1) is 24.0 Å². The molecular weight excluding hydrogens is 367 g/mol. The van der Waals surface area contributed by atoms with Crippen LogP contribution < -0.4 is 16.8 Å². The van der Waals surface area contributed by atoms with E-state index in [4.69, 9.17) is 11.5 Å². The predicted octanol–water partition coefficient (Wildman–Crippen LogP) is 2.23. The van der Waals surface area contributed by atoms with Gasteiger partial charge in [0, 0.05) is 6.04 Å². The summed E-state index contributed by atoms with van der Waals surface area (Å²) in [7, 11) is 0. The summed E-state index contributed by atoms with van der Waals surface area (Å²) in [6.45, 7) is 10.4. The number of carbonyl (C=O) groups is 1. The van der Waals surface area contributed by atoms with E-state index in [2.05, 4.69) is 31.1 Å². The van der Waals surface area contributed by atoms with E-state index in [1.807, 2.05) is 0 Å². The number of aliphatic imine (C=N–C) groups is 1. The lowest BCUT2D eigenvalue weighted by Crippen LogP contribution is -2.40. The minimum absolute atomic E-state index is 0. The molecule has 20 heavy (non-hydrogen) atoms. The van der Waals surface area contributed by atoms with Crippen molar-refractivity contribution in [2.75, 3.05) is 6.54 Å². The van der Waals surface area contributed by atoms with E-state index in [0.29, 0.717) is 18.5 Å². The van der Waals surface area contributed by atoms with Crippen LogP contribution in [0.4, 0.5) is 0 Å². The Labute approximate surface area is 140 Å². The van der Waals surface area contributed by atoms with E-state index < -0.39 is 5.41 Å². The van der Waals surface area contributed by atoms with E-state index in [1.54, 1.807) is 13.8 Å². The van der Waals surface area contributed by atoms with Crippen molar-refractivity contribution in [3.8, 4) is 0 Å². The standard InChI is InChI=1S/C14H30N4O.HI/c1-10(2)7-6-8-11(3)18-13(16)17-9-14(4,5)12(15)19;/h10-11H,6-9H2,1-5H3,(H2,15,19)(H3,16,17,18);1H. The normalized spacial score (nSPS) is 13.8. The summed E-state index contributed by atoms with van der Waals surface area (Å²) in [5, 5.41) is 3.14. The summed E-state index contributed by atoms with van der Waals surface area (Å²) in [5.74, 6) is 0.745. The fourth-order valence-corrected chi connectivity index (χ4v) is 1.56. The van der Waals surface area contributed by atoms with Crippen LogP contribution in [-0.4, -0.2) is 24.5 Å². The van der Waals surface area contributed by atoms with Gasteiger partial charge < -0.3 is 16.8 Å². The Balaban J connectivity index is 0. The maximum absolute atomic E-state index is 11.2. The Morgan fingerprint density at radius 2 is 1.75 bits per heavy atom. The summed E-state index contributed by atoms with van der Waals surface area (Å²) in [6, 6.07) is 0.291. The molecule has 5 N–H and O–H groups in total. The molecule has 6 heteroatoms. The van der Waals surface area contributed by atoms with Gasteiger partial charge in [0.05, 0.1) is 12.0 Å². The number of amides is 1. The lowest BCUT2D eigenvalue weighted by molar-refractivity contribution is -0.125. The van der Waals surface area contributed by atoms with Crippen LogP contribution in [0.25, 0.3) is 0 Å². The van der Waals surface area contributed by atoms with Crippen LogP contribution in [0, 0.1) is 11.3 Å². The molecule has 5 nitrogen and oxygen atoms in total. The zero-order chi connectivity index (χ0) is 15.1. The van der Waals surface area contributed by atoms with E-state index in [9.17, 15) is 4.79 Å². The molecule has 0 saturated heterocycles. The maximum Gasteiger partial charge on any atom is 0.224 e. The van der Waals surface area contributed by atoms with Crippen molar-refractivity contribution < 1.29 is 4.79 Å². The first-order valence-corrected chi connectivity index (χ1v) is 7.01. The number of hydrogen-bond acceptors (Lipinski definition) is 2. The highest BCUT2D eigenvalue weighted by Crippen LogP contribution is 2.14. The highest BCUT2D eigenvalue weighted by molar-refractivity contribution is 14.0. The van der Waals surface area contributed by atoms with Gasteiger partial charge in [0.25, 0.3) is 0 Å². The van der Waals surface area contributed by atoms with Gasteiger partial charge in [-0.1, -0.05) is 26.7 Å². The Hall–Kier alpha value is -0.530. The van der Waals surface area contributed by atoms with Crippen LogP contribution in [0.1, 0.15) is 53.9 Å². The zero-order valence-electron chi connectivity index (χ0n) is 13.4. The third kappa shape index (κ3) is 10.3. The third-order valence-electron chi connectivity index (χ3n) is 3.12. The minimum atomic E-state index is -0.660. The van der Waals surface area contributed by atoms with Gasteiger partial charge in [-0.2, -0.15) is 0 Å². The average Bonchev–Trinajstić information content (AvgIpc) is 2.25. The first kappa shape index (κ1) is 21.8. The maximum atomic E-state index is 11.2. The number of guanidine groups is 1. The summed E-state index contributed by atoms with van der Waals surface area (Å²) in [6.07, 6.45) is 3.46. The number of rotatable bonds is 8. The number of primary amides is 1. The lowest BCUT2D eigenvalue weighted by atomic mass is 9.93. The molecule has 0 heterocycles. The molecule has 0 rings (SSSR count). The molecule has 1 amide bonds. The molecule has 0 aromatic rings. The first-order chi connectivity index (χ1) is 8.65. The van der Waals surface area contributed by atoms with Gasteiger partial charge >= 0.3 is 0 Å². The van der Waals surface area contributed by atoms with Crippen molar-refractivity contribution in [3.05, 3.63) is 0 Å². The van der Waals surface area contributed by atoms with Gasteiger partial charge in [0.15, 0.2) is 5.96 Å². The molecule has 0 fully saturated rings. The van der Waals surface area contributed by atoms with Crippen LogP contribution in [0.2, 0.25) is 0 Å². The van der Waals surface area contributed by atoms with E-state index in [0.717, 1.165) is 12.3 Å². The second-order valence-corrected chi connectivity index (χ2v) is 6.32. The molecule has 1 unspecified atom stereocenters. The largest absolute Gasteiger partial charge is 0.370 e. The van der Waals surface area contributed by atoms with Crippen molar-refractivity contribution in [2.45, 2.75) is 59.9 Å². The van der Waals surface area contributed by atoms with E-state index in [1.165, 1.54) is 12.8 Å². The number of nitrogens with zero attached hydrogens (tertiary/aromatic N) is 1. The lowest BCUT2D eigenvalue weighted by Gasteiger charge is -2.19. The van der Waals surface area contributed by atoms with Crippen LogP contribution in [0.5, 0.6) is 0 Å². The third-order valence-corrected chi connectivity index (χ3v) is 3.12. The first-order valence-electron chi connectivity index (χ1n) is 7.01. The SMILES string of the molecule is CC(C)CCCC(C)NC(N)=NCC(C)(C)C(N)=O.I. The van der Waals surface area contributed by atoms with Crippen molar-refractivity contribution in [1.29, 1.82) is 0 Å². The number of hydrogen-bond donors (Lipinski definition) is 3. The molecule has 0 saturated carbocycles. The second kappa shape index (κ2) is 10.2. The van der Waals surface area contributed by atoms with Crippen LogP contribution in [0.15, 0.2) is 4.99 Å². The Morgan fingerprint density at radius 1 is 1.20 bits per heavy atom. The summed E-state index contributed by atoms with van der Waals surface area (Å²) >= 11 is 0. The highest BCUT2D eigenvalue weighted by Gasteiger charge is 2.24. The molecule has 0 bridgehead atoms. The Bertz CT molecular complexity index is 316. The zero-order valence-corrected chi connectivity index (χ0v) is 15.7. The van der Waals surface area contributed by atoms with Crippen molar-refractivity contribution in [3.63, 3.8) is 0 Å². The number of halogens is 1. The van der Waals surface area contributed by atoms with Gasteiger partial charge in [0.1, 0.15) is 0 Å². The monoisotopic (exact) mass is 398 g/mol. The molecule has 0 aromatic carbocycles. The average molecular weight is 398 g/mol. The van der Waals surface area contributed by atoms with Gasteiger partial charge in [0.2, 0.25) is 5.91 Å². The Morgan fingerprint density at radius 3 is 2.20 bits per heavy atom. The van der Waals surface area contributed by atoms with Crippen molar-refractivity contribution in [2.24, 2.45) is 27.8 Å². The highest BCUT2D eigenvalue weighted by atomic mass is 127. The molecule has 0 aliphatic rings. The van der Waals surface area contributed by atoms with Crippen LogP contribution >= 0.6 is 24.0 Å². The minimum Gasteiger partial charge on any atom is -0.370 e. The number of nitrogens with two attached hydrogens (primary N) is 2. The van der Waals surface area contributed by atoms with Gasteiger partial charge in [-0.25, -0.2) is 0 Å². The Kier molecular flexibility index (Phi) is 11.1. The molecular formula is C14H31IN4O. The molecule has 0 spiro atoms. The number of nitrogens with one attached hydrogen (secondary N) is 1. The summed E-state index contributed by atoms with van der Waals surface area (Å²) in [5.41, 5.74) is 10.4. The van der Waals surface area contributed by atoms with Gasteiger partial charge in [-0.05, 0) is 33.1 Å². The van der Waals surface area contributed by atoms with Crippen molar-refractivity contribution in [1.82, 2.24) is 5.32 Å². The smallest absolute Gasteiger partial charge is 0.224 e. The summed E-state index contributed by atoms with van der Waals surface area (Å²) < 4.78 is 0. The van der Waals surface area contributed by atoms with Crippen LogP contribution in [-0.2, 0) is 4.79 Å². The molecule has 0 aromatic heterocycles. The second-order valence-electron chi connectivity index (χ2n) is 6.32.